The zero-order valence-electron chi connectivity index (χ0n) is 28.7. The average Bonchev–Trinajstić information content (AvgIpc) is 2.94. The molecule has 1 aromatic rings. The topological polar surface area (TPSA) is 12.0 Å². The third kappa shape index (κ3) is 31.4. The molecule has 1 nitrogen and oxygen atoms in total. The molecule has 0 fully saturated rings. The van der Waals surface area contributed by atoms with Gasteiger partial charge in [-0.1, -0.05) is 154 Å². The van der Waals surface area contributed by atoms with Gasteiger partial charge in [0.1, 0.15) is 0 Å². The second-order valence-corrected chi connectivity index (χ2v) is 9.65. The van der Waals surface area contributed by atoms with Gasteiger partial charge in [-0.2, -0.15) is 0 Å². The number of hydrogen-bond donors (Lipinski definition) is 1. The van der Waals surface area contributed by atoms with Gasteiger partial charge < -0.3 is 5.32 Å². The maximum Gasteiger partial charge on any atom is 0.0299 e. The maximum absolute atomic E-state index is 4.17. The molecule has 0 saturated carbocycles. The maximum atomic E-state index is 4.17. The van der Waals surface area contributed by atoms with Crippen LogP contribution in [0.25, 0.3) is 5.57 Å². The Balaban J connectivity index is -0.000000168. The zero-order chi connectivity index (χ0) is 31.9. The minimum Gasteiger partial charge on any atom is -0.385 e. The predicted molar refractivity (Wildman–Crippen MR) is 187 cm³/mol. The molecular formula is C38H67N. The first-order chi connectivity index (χ1) is 18.4. The molecule has 224 valence electrons. The monoisotopic (exact) mass is 538 g/mol. The van der Waals surface area contributed by atoms with Gasteiger partial charge in [-0.3, -0.25) is 0 Å². The van der Waals surface area contributed by atoms with Gasteiger partial charge in [-0.05, 0) is 63.2 Å². The summed E-state index contributed by atoms with van der Waals surface area (Å²) in [7, 11) is 0. The summed E-state index contributed by atoms with van der Waals surface area (Å²) in [4.78, 5) is 0. The summed E-state index contributed by atoms with van der Waals surface area (Å²) in [6.07, 6.45) is 21.3. The fourth-order valence-corrected chi connectivity index (χ4v) is 2.81. The van der Waals surface area contributed by atoms with Crippen LogP contribution in [0.2, 0.25) is 0 Å². The van der Waals surface area contributed by atoms with Crippen LogP contribution < -0.4 is 5.32 Å². The highest BCUT2D eigenvalue weighted by Crippen LogP contribution is 2.23. The lowest BCUT2D eigenvalue weighted by molar-refractivity contribution is 0.316. The Bertz CT molecular complexity index is 812. The summed E-state index contributed by atoms with van der Waals surface area (Å²) < 4.78 is 0. The van der Waals surface area contributed by atoms with Crippen LogP contribution in [0.4, 0.5) is 0 Å². The highest BCUT2D eigenvalue weighted by atomic mass is 14.9. The van der Waals surface area contributed by atoms with E-state index in [1.807, 2.05) is 53.7 Å². The summed E-state index contributed by atoms with van der Waals surface area (Å²) in [6.45, 7) is 38.5. The SMILES string of the molecule is C#C.C=C(C)c1cccc(C)c1.C=C(NCC(C)(C)CCCC)\C(C)=C(C)/C=C\C=C/C.CC.CC.CCC. The van der Waals surface area contributed by atoms with Crippen LogP contribution in [0.15, 0.2) is 78.6 Å². The second-order valence-electron chi connectivity index (χ2n) is 9.65. The van der Waals surface area contributed by atoms with Gasteiger partial charge in [0.25, 0.3) is 0 Å². The molecule has 0 atom stereocenters. The molecule has 0 radical (unpaired) electrons. The average molecular weight is 538 g/mol. The summed E-state index contributed by atoms with van der Waals surface area (Å²) in [5.74, 6) is 0. The molecule has 0 heterocycles. The Hall–Kier alpha value is -2.72. The minimum atomic E-state index is 0.327. The number of aryl methyl sites for hydroxylation is 1. The van der Waals surface area contributed by atoms with Crippen LogP contribution in [0, 0.1) is 25.2 Å². The Labute approximate surface area is 247 Å². The van der Waals surface area contributed by atoms with Crippen molar-refractivity contribution in [2.24, 2.45) is 5.41 Å². The van der Waals surface area contributed by atoms with E-state index in [1.165, 1.54) is 48.0 Å². The van der Waals surface area contributed by atoms with Crippen molar-refractivity contribution in [1.29, 1.82) is 0 Å². The van der Waals surface area contributed by atoms with E-state index in [0.717, 1.165) is 17.8 Å². The number of terminal acetylenes is 1. The standard InChI is InChI=1S/C19H33N.C10H12.C3H8.2C2H6.C2H2/c1-8-10-12-13-16(3)17(4)18(5)20-15-19(6,7)14-11-9-2;1-8(2)10-6-4-5-9(3)7-10;1-3-2;3*1-2/h8,10,12-13,20H,5,9,11,14-15H2,1-4,6-7H3;4-7H,1H2,2-3H3;3H2,1-2H3;2*1-2H3;1-2H/b10-8-,13-12-,17-16-;;;;;. The third-order valence-corrected chi connectivity index (χ3v) is 5.19. The van der Waals surface area contributed by atoms with E-state index in [0.29, 0.717) is 5.41 Å². The van der Waals surface area contributed by atoms with Gasteiger partial charge in [0, 0.05) is 12.2 Å². The summed E-state index contributed by atoms with van der Waals surface area (Å²) in [6, 6.07) is 8.36. The number of benzene rings is 1. The smallest absolute Gasteiger partial charge is 0.0299 e. The van der Waals surface area contributed by atoms with Crippen LogP contribution in [-0.2, 0) is 0 Å². The van der Waals surface area contributed by atoms with E-state index < -0.39 is 0 Å². The van der Waals surface area contributed by atoms with Crippen molar-refractivity contribution in [3.05, 3.63) is 89.7 Å². The molecule has 1 heteroatoms. The van der Waals surface area contributed by atoms with Crippen LogP contribution in [0.5, 0.6) is 0 Å². The molecule has 0 unspecified atom stereocenters. The van der Waals surface area contributed by atoms with E-state index in [2.05, 4.69) is 123 Å². The number of nitrogens with one attached hydrogen (secondary N) is 1. The third-order valence-electron chi connectivity index (χ3n) is 5.19. The van der Waals surface area contributed by atoms with Crippen LogP contribution in [0.1, 0.15) is 127 Å². The lowest BCUT2D eigenvalue weighted by Gasteiger charge is -2.26. The quantitative estimate of drug-likeness (QED) is 0.231. The van der Waals surface area contributed by atoms with Crippen molar-refractivity contribution in [1.82, 2.24) is 5.32 Å². The molecule has 0 aromatic heterocycles. The number of hydrogen-bond acceptors (Lipinski definition) is 1. The molecule has 0 spiro atoms. The van der Waals surface area contributed by atoms with Crippen molar-refractivity contribution >= 4 is 5.57 Å². The first kappa shape index (κ1) is 46.2. The van der Waals surface area contributed by atoms with Crippen molar-refractivity contribution in [2.45, 2.75) is 123 Å². The fraction of sp³-hybridized carbons (Fsp3) is 0.526. The normalized spacial score (nSPS) is 10.4. The summed E-state index contributed by atoms with van der Waals surface area (Å²) >= 11 is 0. The first-order valence-electron chi connectivity index (χ1n) is 14.9. The molecule has 1 N–H and O–H groups in total. The lowest BCUT2D eigenvalue weighted by Crippen LogP contribution is -2.29. The largest absolute Gasteiger partial charge is 0.385 e. The Morgan fingerprint density at radius 2 is 1.46 bits per heavy atom. The van der Waals surface area contributed by atoms with Crippen molar-refractivity contribution in [3.8, 4) is 12.8 Å². The fourth-order valence-electron chi connectivity index (χ4n) is 2.81. The number of allylic oxidation sites excluding steroid dienone is 7. The molecule has 0 aliphatic rings. The molecule has 0 amide bonds. The highest BCUT2D eigenvalue weighted by Gasteiger charge is 2.17. The van der Waals surface area contributed by atoms with Crippen LogP contribution in [0.3, 0.4) is 0 Å². The Kier molecular flexibility index (Phi) is 39.4. The predicted octanol–water partition coefficient (Wildman–Crippen LogP) is 12.5. The first-order valence-corrected chi connectivity index (χ1v) is 14.9. The second kappa shape index (κ2) is 33.3. The highest BCUT2D eigenvalue weighted by molar-refractivity contribution is 5.61. The Morgan fingerprint density at radius 1 is 0.949 bits per heavy atom. The Morgan fingerprint density at radius 3 is 1.85 bits per heavy atom. The van der Waals surface area contributed by atoms with Gasteiger partial charge >= 0.3 is 0 Å². The van der Waals surface area contributed by atoms with E-state index >= 15 is 0 Å². The van der Waals surface area contributed by atoms with Gasteiger partial charge in [0.15, 0.2) is 0 Å². The van der Waals surface area contributed by atoms with Crippen LogP contribution in [-0.4, -0.2) is 6.54 Å². The molecule has 0 bridgehead atoms. The lowest BCUT2D eigenvalue weighted by atomic mass is 9.87. The summed E-state index contributed by atoms with van der Waals surface area (Å²) in [5.41, 5.74) is 7.51. The molecule has 1 rings (SSSR count). The van der Waals surface area contributed by atoms with E-state index in [4.69, 9.17) is 0 Å². The molecule has 0 saturated heterocycles. The molecule has 39 heavy (non-hydrogen) atoms. The van der Waals surface area contributed by atoms with Crippen molar-refractivity contribution in [2.75, 3.05) is 6.54 Å². The molecular weight excluding hydrogens is 470 g/mol. The minimum absolute atomic E-state index is 0.327. The van der Waals surface area contributed by atoms with E-state index in [9.17, 15) is 0 Å². The number of unbranched alkanes of at least 4 members (excludes halogenated alkanes) is 1. The molecule has 1 aromatic carbocycles. The molecule has 0 aliphatic heterocycles. The van der Waals surface area contributed by atoms with E-state index in [1.54, 1.807) is 0 Å². The van der Waals surface area contributed by atoms with Crippen molar-refractivity contribution < 1.29 is 0 Å². The molecule has 0 aliphatic carbocycles. The van der Waals surface area contributed by atoms with Gasteiger partial charge in [-0.15, -0.1) is 12.8 Å². The van der Waals surface area contributed by atoms with Gasteiger partial charge in [0.05, 0.1) is 0 Å². The van der Waals surface area contributed by atoms with Gasteiger partial charge in [0.2, 0.25) is 0 Å². The number of rotatable bonds is 10. The van der Waals surface area contributed by atoms with Gasteiger partial charge in [-0.25, -0.2) is 0 Å². The zero-order valence-corrected chi connectivity index (χ0v) is 28.7. The van der Waals surface area contributed by atoms with Crippen LogP contribution >= 0.6 is 0 Å². The summed E-state index contributed by atoms with van der Waals surface area (Å²) in [5, 5.41) is 3.50. The van der Waals surface area contributed by atoms with Crippen molar-refractivity contribution in [3.63, 3.8) is 0 Å². The van der Waals surface area contributed by atoms with E-state index in [-0.39, 0.29) is 0 Å².